The minimum atomic E-state index is -0.292. The van der Waals surface area contributed by atoms with E-state index in [1.807, 2.05) is 66.7 Å². The standard InChI is InChI=1S/C56H37BFN/c58-51-37-41(38-18-6-1-7-19-38)36-49(39-20-8-2-9-21-39)56(51)59(44-26-14-5-15-27-44)52-35-31-40-30-32-48-50(57(42-22-10-3-11-23-42)43-24-12-4-13-25-43)34-33-47-45-28-16-17-29-46(45)55(52)53(40)54(47)48/h1-37H. The molecule has 11 rings (SSSR count). The third-order valence-electron chi connectivity index (χ3n) is 12.0. The van der Waals surface area contributed by atoms with E-state index >= 15 is 4.39 Å². The van der Waals surface area contributed by atoms with Crippen LogP contribution in [0.1, 0.15) is 0 Å². The summed E-state index contributed by atoms with van der Waals surface area (Å²) in [6.07, 6.45) is 0. The van der Waals surface area contributed by atoms with E-state index in [1.54, 1.807) is 6.07 Å². The van der Waals surface area contributed by atoms with Crippen LogP contribution in [0.25, 0.3) is 65.3 Å². The second kappa shape index (κ2) is 14.5. The first-order valence-corrected chi connectivity index (χ1v) is 20.2. The zero-order valence-corrected chi connectivity index (χ0v) is 32.3. The normalized spacial score (nSPS) is 11.5. The summed E-state index contributed by atoms with van der Waals surface area (Å²) >= 11 is 0. The van der Waals surface area contributed by atoms with Crippen molar-refractivity contribution in [2.75, 3.05) is 4.90 Å². The lowest BCUT2D eigenvalue weighted by Gasteiger charge is -2.31. The lowest BCUT2D eigenvalue weighted by molar-refractivity contribution is 0.630. The Hall–Kier alpha value is -7.49. The number of para-hydroxylation sites is 1. The van der Waals surface area contributed by atoms with Crippen LogP contribution in [0.5, 0.6) is 0 Å². The fraction of sp³-hybridized carbons (Fsp3) is 0. The molecule has 276 valence electrons. The Balaban J connectivity index is 1.26. The van der Waals surface area contributed by atoms with Gasteiger partial charge in [0.25, 0.3) is 0 Å². The third-order valence-corrected chi connectivity index (χ3v) is 12.0. The summed E-state index contributed by atoms with van der Waals surface area (Å²) in [5.41, 5.74) is 9.63. The smallest absolute Gasteiger partial charge is 0.241 e. The monoisotopic (exact) mass is 753 g/mol. The van der Waals surface area contributed by atoms with E-state index in [2.05, 4.69) is 157 Å². The van der Waals surface area contributed by atoms with Crippen molar-refractivity contribution < 1.29 is 4.39 Å². The van der Waals surface area contributed by atoms with Crippen LogP contribution in [0.15, 0.2) is 224 Å². The second-order valence-electron chi connectivity index (χ2n) is 15.3. The van der Waals surface area contributed by atoms with Crippen LogP contribution in [0, 0.1) is 5.82 Å². The van der Waals surface area contributed by atoms with Crippen molar-refractivity contribution in [1.82, 2.24) is 0 Å². The molecule has 0 saturated carbocycles. The minimum absolute atomic E-state index is 0.0270. The van der Waals surface area contributed by atoms with E-state index in [9.17, 15) is 0 Å². The molecule has 0 fully saturated rings. The van der Waals surface area contributed by atoms with Crippen LogP contribution < -0.4 is 21.3 Å². The van der Waals surface area contributed by atoms with Crippen molar-refractivity contribution in [1.29, 1.82) is 0 Å². The summed E-state index contributed by atoms with van der Waals surface area (Å²) in [7, 11) is 0. The van der Waals surface area contributed by atoms with Crippen LogP contribution in [0.2, 0.25) is 0 Å². The fourth-order valence-electron chi connectivity index (χ4n) is 9.41. The number of hydrogen-bond acceptors (Lipinski definition) is 1. The molecule has 0 atom stereocenters. The maximum absolute atomic E-state index is 17.6. The van der Waals surface area contributed by atoms with Gasteiger partial charge >= 0.3 is 0 Å². The highest BCUT2D eigenvalue weighted by atomic mass is 19.1. The van der Waals surface area contributed by atoms with Crippen molar-refractivity contribution in [2.45, 2.75) is 0 Å². The zero-order valence-electron chi connectivity index (χ0n) is 32.3. The molecular formula is C56H37BFN. The van der Waals surface area contributed by atoms with E-state index < -0.39 is 0 Å². The summed E-state index contributed by atoms with van der Waals surface area (Å²) in [6.45, 7) is 0.0270. The van der Waals surface area contributed by atoms with Gasteiger partial charge < -0.3 is 4.90 Å². The predicted molar refractivity (Wildman–Crippen MR) is 251 cm³/mol. The van der Waals surface area contributed by atoms with Crippen LogP contribution in [-0.4, -0.2) is 6.71 Å². The summed E-state index contributed by atoms with van der Waals surface area (Å²) in [6, 6.07) is 78.5. The molecule has 0 aliphatic heterocycles. The van der Waals surface area contributed by atoms with Crippen molar-refractivity contribution >= 4 is 83.3 Å². The summed E-state index contributed by atoms with van der Waals surface area (Å²) in [5.74, 6) is -0.292. The van der Waals surface area contributed by atoms with Crippen molar-refractivity contribution in [3.63, 3.8) is 0 Å². The molecule has 0 amide bonds. The van der Waals surface area contributed by atoms with Gasteiger partial charge in [-0.1, -0.05) is 211 Å². The Labute approximate surface area is 343 Å². The predicted octanol–water partition coefficient (Wildman–Crippen LogP) is 13.2. The van der Waals surface area contributed by atoms with Gasteiger partial charge in [-0.2, -0.15) is 0 Å². The van der Waals surface area contributed by atoms with Gasteiger partial charge in [-0.25, -0.2) is 4.39 Å². The fourth-order valence-corrected chi connectivity index (χ4v) is 9.41. The van der Waals surface area contributed by atoms with Crippen LogP contribution in [-0.2, 0) is 0 Å². The van der Waals surface area contributed by atoms with Crippen LogP contribution in [0.3, 0.4) is 0 Å². The van der Waals surface area contributed by atoms with Gasteiger partial charge in [0, 0.05) is 22.0 Å². The number of benzene rings is 11. The first-order valence-electron chi connectivity index (χ1n) is 20.2. The Bertz CT molecular complexity index is 3220. The average molecular weight is 754 g/mol. The molecule has 11 aromatic carbocycles. The Kier molecular flexibility index (Phi) is 8.52. The molecule has 0 saturated heterocycles. The first-order chi connectivity index (χ1) is 29.2. The summed E-state index contributed by atoms with van der Waals surface area (Å²) in [5, 5.41) is 9.38. The number of halogens is 1. The van der Waals surface area contributed by atoms with Gasteiger partial charge in [-0.15, -0.1) is 0 Å². The Morgan fingerprint density at radius 1 is 0.373 bits per heavy atom. The molecule has 0 aromatic heterocycles. The molecule has 0 aliphatic rings. The van der Waals surface area contributed by atoms with E-state index in [4.69, 9.17) is 0 Å². The molecule has 0 aliphatic carbocycles. The number of hydrogen-bond donors (Lipinski definition) is 0. The zero-order chi connectivity index (χ0) is 39.3. The van der Waals surface area contributed by atoms with Crippen LogP contribution >= 0.6 is 0 Å². The molecule has 0 unspecified atom stereocenters. The number of rotatable bonds is 8. The number of nitrogens with zero attached hydrogens (tertiary/aromatic N) is 1. The van der Waals surface area contributed by atoms with Gasteiger partial charge in [-0.3, -0.25) is 0 Å². The second-order valence-corrected chi connectivity index (χ2v) is 15.3. The molecule has 1 nitrogen and oxygen atoms in total. The summed E-state index contributed by atoms with van der Waals surface area (Å²) in [4.78, 5) is 2.16. The van der Waals surface area contributed by atoms with Crippen molar-refractivity contribution in [3.05, 3.63) is 230 Å². The lowest BCUT2D eigenvalue weighted by atomic mass is 9.36. The average Bonchev–Trinajstić information content (AvgIpc) is 3.31. The highest BCUT2D eigenvalue weighted by Gasteiger charge is 2.29. The van der Waals surface area contributed by atoms with Crippen molar-refractivity contribution in [2.24, 2.45) is 0 Å². The van der Waals surface area contributed by atoms with Gasteiger partial charge in [0.1, 0.15) is 5.82 Å². The number of fused-ring (bicyclic) bond motifs is 3. The topological polar surface area (TPSA) is 3.24 Å². The maximum Gasteiger partial charge on any atom is 0.241 e. The lowest BCUT2D eigenvalue weighted by Crippen LogP contribution is -2.52. The quantitative estimate of drug-likeness (QED) is 0.0849. The Morgan fingerprint density at radius 2 is 0.898 bits per heavy atom. The third kappa shape index (κ3) is 5.85. The van der Waals surface area contributed by atoms with E-state index in [0.29, 0.717) is 5.69 Å². The van der Waals surface area contributed by atoms with Crippen molar-refractivity contribution in [3.8, 4) is 22.3 Å². The van der Waals surface area contributed by atoms with Crippen LogP contribution in [0.4, 0.5) is 21.5 Å². The summed E-state index contributed by atoms with van der Waals surface area (Å²) < 4.78 is 17.6. The van der Waals surface area contributed by atoms with E-state index in [1.165, 1.54) is 43.3 Å². The van der Waals surface area contributed by atoms with Gasteiger partial charge in [0.15, 0.2) is 0 Å². The largest absolute Gasteiger partial charge is 0.307 e. The van der Waals surface area contributed by atoms with Gasteiger partial charge in [0.2, 0.25) is 6.71 Å². The minimum Gasteiger partial charge on any atom is -0.307 e. The molecule has 59 heavy (non-hydrogen) atoms. The molecule has 3 heteroatoms. The SMILES string of the molecule is Fc1cc(-c2ccccc2)cc(-c2ccccc2)c1N(c1ccccc1)c1ccc2ccc3c(B(c4ccccc4)c4ccccc4)ccc4c5ccccc5c1c2c34. The molecule has 0 N–H and O–H groups in total. The molecule has 11 aromatic rings. The molecule has 0 heterocycles. The van der Waals surface area contributed by atoms with E-state index in [0.717, 1.165) is 49.8 Å². The van der Waals surface area contributed by atoms with Gasteiger partial charge in [0.05, 0.1) is 11.4 Å². The first kappa shape index (κ1) is 34.7. The Morgan fingerprint density at radius 3 is 1.56 bits per heavy atom. The molecule has 0 bridgehead atoms. The highest BCUT2D eigenvalue weighted by Crippen LogP contribution is 2.50. The van der Waals surface area contributed by atoms with Gasteiger partial charge in [-0.05, 0) is 79.3 Å². The van der Waals surface area contributed by atoms with E-state index in [-0.39, 0.29) is 12.5 Å². The number of anilines is 3. The molecular weight excluding hydrogens is 716 g/mol. The molecule has 0 spiro atoms. The molecule has 0 radical (unpaired) electrons. The maximum atomic E-state index is 17.6. The highest BCUT2D eigenvalue weighted by molar-refractivity contribution is 6.97.